The topological polar surface area (TPSA) is 29.5 Å². The Morgan fingerprint density at radius 3 is 2.80 bits per heavy atom. The van der Waals surface area contributed by atoms with Gasteiger partial charge in [-0.3, -0.25) is 4.79 Å². The molecule has 0 aromatic heterocycles. The lowest BCUT2D eigenvalue weighted by atomic mass is 10.1. The smallest absolute Gasteiger partial charge is 0.230 e. The first kappa shape index (κ1) is 10.0. The fraction of sp³-hybridized carbons (Fsp3) is 0.417. The molecule has 0 unspecified atom stereocenters. The summed E-state index contributed by atoms with van der Waals surface area (Å²) in [6.45, 7) is 4.51. The van der Waals surface area contributed by atoms with Gasteiger partial charge in [-0.2, -0.15) is 0 Å². The van der Waals surface area contributed by atoms with Gasteiger partial charge in [0, 0.05) is 7.05 Å². The Labute approximate surface area is 89.7 Å². The molecule has 1 amide bonds. The summed E-state index contributed by atoms with van der Waals surface area (Å²) in [5, 5.41) is 0. The Kier molecular flexibility index (Phi) is 2.39. The number of nitrogens with zero attached hydrogens (tertiary/aromatic N) is 1. The lowest BCUT2D eigenvalue weighted by Crippen LogP contribution is -2.25. The van der Waals surface area contributed by atoms with Crippen LogP contribution in [0, 0.1) is 13.8 Å². The van der Waals surface area contributed by atoms with Gasteiger partial charge in [0.05, 0.1) is 18.7 Å². The number of anilines is 1. The summed E-state index contributed by atoms with van der Waals surface area (Å²) in [7, 11) is 1.80. The molecule has 80 valence electrons. The second-order valence-electron chi connectivity index (χ2n) is 3.98. The third kappa shape index (κ3) is 1.69. The van der Waals surface area contributed by atoms with Crippen LogP contribution in [0.15, 0.2) is 12.1 Å². The number of benzene rings is 1. The second kappa shape index (κ2) is 3.57. The molecule has 0 radical (unpaired) electrons. The fourth-order valence-corrected chi connectivity index (χ4v) is 1.91. The molecule has 0 saturated heterocycles. The van der Waals surface area contributed by atoms with Gasteiger partial charge in [-0.05, 0) is 31.0 Å². The van der Waals surface area contributed by atoms with Gasteiger partial charge in [-0.15, -0.1) is 0 Å². The zero-order valence-corrected chi connectivity index (χ0v) is 9.33. The van der Waals surface area contributed by atoms with Gasteiger partial charge in [-0.25, -0.2) is 0 Å². The minimum Gasteiger partial charge on any atom is -0.491 e. The first-order valence-corrected chi connectivity index (χ1v) is 5.10. The van der Waals surface area contributed by atoms with Gasteiger partial charge in [0.2, 0.25) is 5.91 Å². The van der Waals surface area contributed by atoms with Crippen LogP contribution in [-0.2, 0) is 4.79 Å². The van der Waals surface area contributed by atoms with E-state index in [-0.39, 0.29) is 5.91 Å². The molecule has 0 bridgehead atoms. The molecule has 0 atom stereocenters. The molecule has 3 heteroatoms. The van der Waals surface area contributed by atoms with Gasteiger partial charge in [0.1, 0.15) is 5.75 Å². The molecule has 0 saturated carbocycles. The molecule has 0 fully saturated rings. The van der Waals surface area contributed by atoms with Crippen LogP contribution >= 0.6 is 0 Å². The highest BCUT2D eigenvalue weighted by Crippen LogP contribution is 2.34. The maximum absolute atomic E-state index is 11.6. The monoisotopic (exact) mass is 205 g/mol. The largest absolute Gasteiger partial charge is 0.491 e. The Morgan fingerprint density at radius 1 is 1.33 bits per heavy atom. The highest BCUT2D eigenvalue weighted by Gasteiger charge is 2.21. The molecule has 3 nitrogen and oxygen atoms in total. The number of ether oxygens (including phenoxy) is 1. The maximum atomic E-state index is 11.6. The average molecular weight is 205 g/mol. The van der Waals surface area contributed by atoms with E-state index in [9.17, 15) is 4.79 Å². The number of hydrogen-bond acceptors (Lipinski definition) is 2. The van der Waals surface area contributed by atoms with Crippen LogP contribution in [0.25, 0.3) is 0 Å². The molecular formula is C12H15NO2. The molecule has 1 aliphatic heterocycles. The fourth-order valence-electron chi connectivity index (χ4n) is 1.91. The van der Waals surface area contributed by atoms with Crippen molar-refractivity contribution in [3.8, 4) is 5.75 Å². The van der Waals surface area contributed by atoms with E-state index in [1.54, 1.807) is 11.9 Å². The molecule has 0 N–H and O–H groups in total. The number of aryl methyl sites for hydroxylation is 2. The molecule has 2 rings (SSSR count). The SMILES string of the molecule is Cc1cc(C)c2c(c1)N(C)C(=O)CCO2. The van der Waals surface area contributed by atoms with Crippen molar-refractivity contribution in [2.75, 3.05) is 18.6 Å². The lowest BCUT2D eigenvalue weighted by molar-refractivity contribution is -0.118. The predicted molar refractivity (Wildman–Crippen MR) is 59.4 cm³/mol. The van der Waals surface area contributed by atoms with Crippen molar-refractivity contribution < 1.29 is 9.53 Å². The van der Waals surface area contributed by atoms with Gasteiger partial charge in [0.25, 0.3) is 0 Å². The number of fused-ring (bicyclic) bond motifs is 1. The van der Waals surface area contributed by atoms with Crippen LogP contribution < -0.4 is 9.64 Å². The van der Waals surface area contributed by atoms with Crippen molar-refractivity contribution in [2.45, 2.75) is 20.3 Å². The van der Waals surface area contributed by atoms with Gasteiger partial charge in [0.15, 0.2) is 0 Å². The summed E-state index contributed by atoms with van der Waals surface area (Å²) in [5.74, 6) is 0.952. The minimum atomic E-state index is 0.110. The number of amides is 1. The maximum Gasteiger partial charge on any atom is 0.230 e. The Bertz CT molecular complexity index is 412. The van der Waals surface area contributed by atoms with E-state index in [1.807, 2.05) is 19.9 Å². The third-order valence-electron chi connectivity index (χ3n) is 2.70. The molecular weight excluding hydrogens is 190 g/mol. The summed E-state index contributed by atoms with van der Waals surface area (Å²) in [6, 6.07) is 4.06. The zero-order chi connectivity index (χ0) is 11.0. The normalized spacial score (nSPS) is 15.7. The molecule has 0 aliphatic carbocycles. The summed E-state index contributed by atoms with van der Waals surface area (Å²) in [5.41, 5.74) is 3.12. The van der Waals surface area contributed by atoms with E-state index in [1.165, 1.54) is 0 Å². The van der Waals surface area contributed by atoms with Crippen molar-refractivity contribution in [1.82, 2.24) is 0 Å². The highest BCUT2D eigenvalue weighted by atomic mass is 16.5. The standard InChI is InChI=1S/C12H15NO2/c1-8-6-9(2)12-10(7-8)13(3)11(14)4-5-15-12/h6-7H,4-5H2,1-3H3. The van der Waals surface area contributed by atoms with Crippen LogP contribution in [0.3, 0.4) is 0 Å². The number of carbonyl (C=O) groups is 1. The minimum absolute atomic E-state index is 0.110. The van der Waals surface area contributed by atoms with Crippen molar-refractivity contribution in [1.29, 1.82) is 0 Å². The van der Waals surface area contributed by atoms with Crippen LogP contribution in [0.1, 0.15) is 17.5 Å². The van der Waals surface area contributed by atoms with E-state index in [2.05, 4.69) is 6.07 Å². The molecule has 1 aromatic rings. The molecule has 0 spiro atoms. The van der Waals surface area contributed by atoms with E-state index in [0.717, 1.165) is 22.6 Å². The quantitative estimate of drug-likeness (QED) is 0.648. The Morgan fingerprint density at radius 2 is 2.07 bits per heavy atom. The highest BCUT2D eigenvalue weighted by molar-refractivity contribution is 5.95. The predicted octanol–water partition coefficient (Wildman–Crippen LogP) is 2.05. The zero-order valence-electron chi connectivity index (χ0n) is 9.33. The first-order valence-electron chi connectivity index (χ1n) is 5.10. The molecule has 1 aromatic carbocycles. The number of hydrogen-bond donors (Lipinski definition) is 0. The first-order chi connectivity index (χ1) is 7.09. The second-order valence-corrected chi connectivity index (χ2v) is 3.98. The van der Waals surface area contributed by atoms with E-state index in [0.29, 0.717) is 13.0 Å². The van der Waals surface area contributed by atoms with Crippen LogP contribution in [-0.4, -0.2) is 19.6 Å². The summed E-state index contributed by atoms with van der Waals surface area (Å²) < 4.78 is 5.61. The summed E-state index contributed by atoms with van der Waals surface area (Å²) in [4.78, 5) is 13.3. The lowest BCUT2D eigenvalue weighted by Gasteiger charge is -2.18. The summed E-state index contributed by atoms with van der Waals surface area (Å²) >= 11 is 0. The molecule has 15 heavy (non-hydrogen) atoms. The number of carbonyl (C=O) groups excluding carboxylic acids is 1. The van der Waals surface area contributed by atoms with Gasteiger partial charge in [-0.1, -0.05) is 6.07 Å². The van der Waals surface area contributed by atoms with E-state index in [4.69, 9.17) is 4.74 Å². The van der Waals surface area contributed by atoms with Crippen molar-refractivity contribution in [3.05, 3.63) is 23.3 Å². The Balaban J connectivity index is 2.58. The van der Waals surface area contributed by atoms with Crippen molar-refractivity contribution in [3.63, 3.8) is 0 Å². The average Bonchev–Trinajstić information content (AvgIpc) is 2.30. The van der Waals surface area contributed by atoms with Crippen molar-refractivity contribution in [2.24, 2.45) is 0 Å². The van der Waals surface area contributed by atoms with Crippen LogP contribution in [0.5, 0.6) is 5.75 Å². The van der Waals surface area contributed by atoms with E-state index < -0.39 is 0 Å². The molecule has 1 heterocycles. The third-order valence-corrected chi connectivity index (χ3v) is 2.70. The van der Waals surface area contributed by atoms with E-state index >= 15 is 0 Å². The van der Waals surface area contributed by atoms with Crippen LogP contribution in [0.4, 0.5) is 5.69 Å². The summed E-state index contributed by atoms with van der Waals surface area (Å²) in [6.07, 6.45) is 0.448. The molecule has 1 aliphatic rings. The van der Waals surface area contributed by atoms with Gasteiger partial charge >= 0.3 is 0 Å². The Hall–Kier alpha value is -1.51. The van der Waals surface area contributed by atoms with Gasteiger partial charge < -0.3 is 9.64 Å². The van der Waals surface area contributed by atoms with Crippen molar-refractivity contribution >= 4 is 11.6 Å². The van der Waals surface area contributed by atoms with Crippen LogP contribution in [0.2, 0.25) is 0 Å². The number of rotatable bonds is 0.